The van der Waals surface area contributed by atoms with Crippen LogP contribution < -0.4 is 10.6 Å². The van der Waals surface area contributed by atoms with Gasteiger partial charge in [-0.3, -0.25) is 0 Å². The van der Waals surface area contributed by atoms with Crippen LogP contribution in [0.4, 0.5) is 5.95 Å². The predicted octanol–water partition coefficient (Wildman–Crippen LogP) is 1.76. The molecule has 0 aromatic carbocycles. The van der Waals surface area contributed by atoms with E-state index in [0.717, 1.165) is 25.4 Å². The molecule has 0 amide bonds. The first kappa shape index (κ1) is 12.4. The van der Waals surface area contributed by atoms with Crippen molar-refractivity contribution >= 4 is 5.95 Å². The van der Waals surface area contributed by atoms with Crippen molar-refractivity contribution in [1.29, 1.82) is 0 Å². The molecule has 5 nitrogen and oxygen atoms in total. The Balaban J connectivity index is 2.12. The van der Waals surface area contributed by atoms with Gasteiger partial charge in [0.15, 0.2) is 0 Å². The van der Waals surface area contributed by atoms with Crippen LogP contribution in [0.3, 0.4) is 0 Å². The summed E-state index contributed by atoms with van der Waals surface area (Å²) in [6.45, 7) is 6.71. The van der Waals surface area contributed by atoms with E-state index < -0.39 is 0 Å². The van der Waals surface area contributed by atoms with Crippen LogP contribution >= 0.6 is 0 Å². The summed E-state index contributed by atoms with van der Waals surface area (Å²) in [6, 6.07) is 0. The molecule has 2 unspecified atom stereocenters. The molecule has 2 N–H and O–H groups in total. The summed E-state index contributed by atoms with van der Waals surface area (Å²) in [5.74, 6) is 2.38. The molecule has 2 rings (SSSR count). The Morgan fingerprint density at radius 2 is 2.12 bits per heavy atom. The molecule has 1 fully saturated rings. The molecule has 17 heavy (non-hydrogen) atoms. The van der Waals surface area contributed by atoms with Crippen LogP contribution in [0.2, 0.25) is 0 Å². The predicted molar refractivity (Wildman–Crippen MR) is 67.0 cm³/mol. The highest BCUT2D eigenvalue weighted by atomic mass is 16.5. The van der Waals surface area contributed by atoms with Crippen molar-refractivity contribution in [2.45, 2.75) is 39.0 Å². The maximum Gasteiger partial charge on any atom is 0.266 e. The molecule has 1 aromatic heterocycles. The Morgan fingerprint density at radius 1 is 1.35 bits per heavy atom. The molecular weight excluding hydrogens is 216 g/mol. The zero-order chi connectivity index (χ0) is 12.3. The van der Waals surface area contributed by atoms with Gasteiger partial charge in [0.05, 0.1) is 0 Å². The van der Waals surface area contributed by atoms with E-state index in [1.807, 2.05) is 0 Å². The molecule has 2 atom stereocenters. The van der Waals surface area contributed by atoms with Crippen molar-refractivity contribution in [3.63, 3.8) is 0 Å². The van der Waals surface area contributed by atoms with Gasteiger partial charge in [0.25, 0.3) is 5.95 Å². The fourth-order valence-corrected chi connectivity index (χ4v) is 2.66. The Labute approximate surface area is 102 Å². The standard InChI is InChI=1S/C12H22N4O/c1-3-16(4-2)12-14-11(17-15-12)10-7-5-6-9(10)8-13/h9-10H,3-8,13H2,1-2H3. The number of rotatable bonds is 5. The van der Waals surface area contributed by atoms with Gasteiger partial charge in [0, 0.05) is 19.0 Å². The van der Waals surface area contributed by atoms with E-state index in [2.05, 4.69) is 28.9 Å². The first-order chi connectivity index (χ1) is 8.30. The third kappa shape index (κ3) is 2.44. The summed E-state index contributed by atoms with van der Waals surface area (Å²) >= 11 is 0. The lowest BCUT2D eigenvalue weighted by molar-refractivity contribution is 0.325. The van der Waals surface area contributed by atoms with Gasteiger partial charge in [-0.15, -0.1) is 0 Å². The fourth-order valence-electron chi connectivity index (χ4n) is 2.66. The van der Waals surface area contributed by atoms with E-state index >= 15 is 0 Å². The minimum Gasteiger partial charge on any atom is -0.339 e. The molecule has 0 spiro atoms. The molecule has 96 valence electrons. The summed E-state index contributed by atoms with van der Waals surface area (Å²) in [7, 11) is 0. The van der Waals surface area contributed by atoms with Crippen LogP contribution in [0.15, 0.2) is 4.52 Å². The van der Waals surface area contributed by atoms with Gasteiger partial charge in [-0.25, -0.2) is 0 Å². The molecule has 1 saturated carbocycles. The second-order valence-electron chi connectivity index (χ2n) is 4.64. The largest absolute Gasteiger partial charge is 0.339 e. The SMILES string of the molecule is CCN(CC)c1noc(C2CCCC2CN)n1. The summed E-state index contributed by atoms with van der Waals surface area (Å²) in [5.41, 5.74) is 5.78. The Kier molecular flexibility index (Phi) is 3.99. The van der Waals surface area contributed by atoms with Gasteiger partial charge >= 0.3 is 0 Å². The summed E-state index contributed by atoms with van der Waals surface area (Å²) in [5, 5.41) is 4.07. The minimum atomic E-state index is 0.372. The summed E-state index contributed by atoms with van der Waals surface area (Å²) in [6.07, 6.45) is 3.53. The number of anilines is 1. The summed E-state index contributed by atoms with van der Waals surface area (Å²) in [4.78, 5) is 6.62. The van der Waals surface area contributed by atoms with E-state index in [-0.39, 0.29) is 0 Å². The van der Waals surface area contributed by atoms with Crippen LogP contribution in [-0.4, -0.2) is 29.8 Å². The first-order valence-corrected chi connectivity index (χ1v) is 6.58. The second kappa shape index (κ2) is 5.49. The number of hydrogen-bond donors (Lipinski definition) is 1. The molecule has 0 radical (unpaired) electrons. The quantitative estimate of drug-likeness (QED) is 0.846. The lowest BCUT2D eigenvalue weighted by atomic mass is 9.96. The third-order valence-electron chi connectivity index (χ3n) is 3.76. The van der Waals surface area contributed by atoms with Gasteiger partial charge < -0.3 is 15.2 Å². The van der Waals surface area contributed by atoms with E-state index in [1.54, 1.807) is 0 Å². The van der Waals surface area contributed by atoms with Gasteiger partial charge in [-0.2, -0.15) is 4.98 Å². The molecular formula is C12H22N4O. The molecule has 1 aliphatic carbocycles. The molecule has 0 aliphatic heterocycles. The van der Waals surface area contributed by atoms with Crippen molar-refractivity contribution in [1.82, 2.24) is 10.1 Å². The molecule has 5 heteroatoms. The van der Waals surface area contributed by atoms with Crippen molar-refractivity contribution in [2.75, 3.05) is 24.5 Å². The lowest BCUT2D eigenvalue weighted by Crippen LogP contribution is -2.23. The van der Waals surface area contributed by atoms with E-state index in [9.17, 15) is 0 Å². The topological polar surface area (TPSA) is 68.2 Å². The Morgan fingerprint density at radius 3 is 2.76 bits per heavy atom. The Bertz CT molecular complexity index is 348. The van der Waals surface area contributed by atoms with Gasteiger partial charge in [-0.1, -0.05) is 6.42 Å². The monoisotopic (exact) mass is 238 g/mol. The van der Waals surface area contributed by atoms with Crippen molar-refractivity contribution in [3.8, 4) is 0 Å². The zero-order valence-electron chi connectivity index (χ0n) is 10.7. The van der Waals surface area contributed by atoms with Crippen LogP contribution in [-0.2, 0) is 0 Å². The van der Waals surface area contributed by atoms with Crippen molar-refractivity contribution < 1.29 is 4.52 Å². The average molecular weight is 238 g/mol. The fraction of sp³-hybridized carbons (Fsp3) is 0.833. The maximum absolute atomic E-state index is 5.78. The van der Waals surface area contributed by atoms with Crippen molar-refractivity contribution in [2.24, 2.45) is 11.7 Å². The number of hydrogen-bond acceptors (Lipinski definition) is 5. The molecule has 0 bridgehead atoms. The normalized spacial score (nSPS) is 24.2. The number of aromatic nitrogens is 2. The third-order valence-corrected chi connectivity index (χ3v) is 3.76. The van der Waals surface area contributed by atoms with Gasteiger partial charge in [0.2, 0.25) is 5.89 Å². The highest BCUT2D eigenvalue weighted by Gasteiger charge is 2.32. The van der Waals surface area contributed by atoms with Crippen LogP contribution in [0, 0.1) is 5.92 Å². The minimum absolute atomic E-state index is 0.372. The van der Waals surface area contributed by atoms with E-state index in [0.29, 0.717) is 24.3 Å². The average Bonchev–Trinajstić information content (AvgIpc) is 2.98. The Hall–Kier alpha value is -1.10. The van der Waals surface area contributed by atoms with E-state index in [1.165, 1.54) is 12.8 Å². The van der Waals surface area contributed by atoms with Crippen LogP contribution in [0.25, 0.3) is 0 Å². The highest BCUT2D eigenvalue weighted by molar-refractivity contribution is 5.27. The van der Waals surface area contributed by atoms with Gasteiger partial charge in [0.1, 0.15) is 0 Å². The molecule has 1 heterocycles. The first-order valence-electron chi connectivity index (χ1n) is 6.58. The number of nitrogens with zero attached hydrogens (tertiary/aromatic N) is 3. The van der Waals surface area contributed by atoms with Gasteiger partial charge in [-0.05, 0) is 44.3 Å². The molecule has 1 aromatic rings. The highest BCUT2D eigenvalue weighted by Crippen LogP contribution is 2.38. The maximum atomic E-state index is 5.78. The lowest BCUT2D eigenvalue weighted by Gasteiger charge is -2.15. The van der Waals surface area contributed by atoms with Crippen LogP contribution in [0.5, 0.6) is 0 Å². The van der Waals surface area contributed by atoms with E-state index in [4.69, 9.17) is 10.3 Å². The smallest absolute Gasteiger partial charge is 0.266 e. The van der Waals surface area contributed by atoms with Crippen LogP contribution in [0.1, 0.15) is 44.9 Å². The molecule has 1 aliphatic rings. The van der Waals surface area contributed by atoms with Crippen molar-refractivity contribution in [3.05, 3.63) is 5.89 Å². The zero-order valence-corrected chi connectivity index (χ0v) is 10.7. The summed E-state index contributed by atoms with van der Waals surface area (Å²) < 4.78 is 5.41. The number of nitrogens with two attached hydrogens (primary N) is 1. The molecule has 0 saturated heterocycles. The second-order valence-corrected chi connectivity index (χ2v) is 4.64.